The number of allylic oxidation sites excluding steroid dienone is 1. The van der Waals surface area contributed by atoms with Gasteiger partial charge in [-0.2, -0.15) is 0 Å². The van der Waals surface area contributed by atoms with Crippen LogP contribution in [0.2, 0.25) is 5.02 Å². The number of hydrogen-bond acceptors (Lipinski definition) is 7. The van der Waals surface area contributed by atoms with Gasteiger partial charge in [-0.25, -0.2) is 4.99 Å². The molecule has 1 amide bonds. The fraction of sp³-hybridized carbons (Fsp3) is 0.286. The van der Waals surface area contributed by atoms with E-state index in [1.54, 1.807) is 16.6 Å². The van der Waals surface area contributed by atoms with Gasteiger partial charge in [0.15, 0.2) is 16.3 Å². The molecule has 234 valence electrons. The molecule has 4 aromatic rings. The molecule has 10 heteroatoms. The first-order chi connectivity index (χ1) is 21.8. The van der Waals surface area contributed by atoms with E-state index in [2.05, 4.69) is 0 Å². The van der Waals surface area contributed by atoms with E-state index < -0.39 is 6.04 Å². The molecule has 1 aliphatic rings. The van der Waals surface area contributed by atoms with Crippen LogP contribution in [0.1, 0.15) is 50.4 Å². The highest BCUT2D eigenvalue weighted by Gasteiger charge is 2.35. The first kappa shape index (κ1) is 32.1. The quantitative estimate of drug-likeness (QED) is 0.208. The number of ether oxygens (including phenoxy) is 3. The third-order valence-electron chi connectivity index (χ3n) is 7.61. The molecule has 3 aromatic carbocycles. The molecule has 0 radical (unpaired) electrons. The lowest BCUT2D eigenvalue weighted by Crippen LogP contribution is -2.43. The number of amides is 1. The average molecular weight is 646 g/mol. The Hall–Kier alpha value is -4.34. The molecule has 0 spiro atoms. The molecule has 0 aliphatic carbocycles. The number of carbonyl (C=O) groups excluding carboxylic acids is 1. The van der Waals surface area contributed by atoms with Crippen molar-refractivity contribution in [1.29, 1.82) is 0 Å². The largest absolute Gasteiger partial charge is 0.496 e. The molecule has 1 atom stereocenters. The number of para-hydroxylation sites is 1. The zero-order valence-corrected chi connectivity index (χ0v) is 27.6. The van der Waals surface area contributed by atoms with E-state index in [-0.39, 0.29) is 11.5 Å². The van der Waals surface area contributed by atoms with Crippen molar-refractivity contribution in [2.75, 3.05) is 26.8 Å². The zero-order valence-electron chi connectivity index (χ0n) is 26.0. The van der Waals surface area contributed by atoms with Crippen molar-refractivity contribution in [2.24, 2.45) is 4.99 Å². The van der Waals surface area contributed by atoms with Gasteiger partial charge in [-0.3, -0.25) is 14.2 Å². The van der Waals surface area contributed by atoms with Gasteiger partial charge in [0.25, 0.3) is 11.5 Å². The van der Waals surface area contributed by atoms with E-state index in [9.17, 15) is 9.59 Å². The predicted molar refractivity (Wildman–Crippen MR) is 178 cm³/mol. The van der Waals surface area contributed by atoms with Crippen LogP contribution >= 0.6 is 22.9 Å². The number of hydrogen-bond donors (Lipinski definition) is 0. The minimum atomic E-state index is -0.699. The SMILES string of the molecule is CCOc1cc(/C=c2/sc3n(c2=O)[C@@H](c2ccccc2OC)C(C(=O)N(CC)CC)=C(C)N=3)ccc1OCc1ccc(Cl)cc1. The first-order valence-corrected chi connectivity index (χ1v) is 16.1. The maximum Gasteiger partial charge on any atom is 0.271 e. The molecule has 0 bridgehead atoms. The molecule has 0 N–H and O–H groups in total. The molecule has 1 aliphatic heterocycles. The molecule has 5 rings (SSSR count). The van der Waals surface area contributed by atoms with E-state index in [0.29, 0.717) is 69.2 Å². The van der Waals surface area contributed by atoms with Crippen molar-refractivity contribution in [3.8, 4) is 17.2 Å². The molecule has 0 unspecified atom stereocenters. The second-order valence-corrected chi connectivity index (χ2v) is 11.8. The normalized spacial score (nSPS) is 14.5. The van der Waals surface area contributed by atoms with Crippen LogP contribution in [0.15, 0.2) is 87.8 Å². The average Bonchev–Trinajstić information content (AvgIpc) is 3.35. The van der Waals surface area contributed by atoms with Gasteiger partial charge in [0.05, 0.1) is 29.5 Å². The van der Waals surface area contributed by atoms with Crippen LogP contribution in [0.3, 0.4) is 0 Å². The zero-order chi connectivity index (χ0) is 32.1. The molecule has 1 aromatic heterocycles. The number of fused-ring (bicyclic) bond motifs is 1. The van der Waals surface area contributed by atoms with E-state index >= 15 is 0 Å². The van der Waals surface area contributed by atoms with Crippen molar-refractivity contribution in [1.82, 2.24) is 9.47 Å². The second-order valence-electron chi connectivity index (χ2n) is 10.4. The van der Waals surface area contributed by atoms with Crippen molar-refractivity contribution >= 4 is 34.9 Å². The van der Waals surface area contributed by atoms with Gasteiger partial charge in [0.2, 0.25) is 0 Å². The Bertz CT molecular complexity index is 1910. The van der Waals surface area contributed by atoms with Crippen LogP contribution in [0.25, 0.3) is 6.08 Å². The number of methoxy groups -OCH3 is 1. The lowest BCUT2D eigenvalue weighted by molar-refractivity contribution is -0.127. The number of halogens is 1. The van der Waals surface area contributed by atoms with Crippen LogP contribution in [-0.2, 0) is 11.4 Å². The Morgan fingerprint density at radius 1 is 1.00 bits per heavy atom. The van der Waals surface area contributed by atoms with Crippen LogP contribution < -0.4 is 29.1 Å². The Morgan fingerprint density at radius 2 is 1.73 bits per heavy atom. The summed E-state index contributed by atoms with van der Waals surface area (Å²) in [6.07, 6.45) is 1.82. The van der Waals surface area contributed by atoms with E-state index in [0.717, 1.165) is 16.7 Å². The fourth-order valence-electron chi connectivity index (χ4n) is 5.36. The summed E-state index contributed by atoms with van der Waals surface area (Å²) >= 11 is 7.29. The van der Waals surface area contributed by atoms with Crippen LogP contribution in [0.4, 0.5) is 0 Å². The molecule has 0 saturated heterocycles. The highest BCUT2D eigenvalue weighted by Crippen LogP contribution is 2.36. The minimum Gasteiger partial charge on any atom is -0.496 e. The summed E-state index contributed by atoms with van der Waals surface area (Å²) in [6, 6.07) is 19.8. The maximum atomic E-state index is 14.2. The van der Waals surface area contributed by atoms with E-state index in [1.807, 2.05) is 101 Å². The molecular formula is C35H36ClN3O5S. The number of likely N-dealkylation sites (N-methyl/N-ethyl adjacent to an activating group) is 1. The van der Waals surface area contributed by atoms with Crippen molar-refractivity contribution < 1.29 is 19.0 Å². The first-order valence-electron chi connectivity index (χ1n) is 14.9. The summed E-state index contributed by atoms with van der Waals surface area (Å²) in [7, 11) is 1.59. The summed E-state index contributed by atoms with van der Waals surface area (Å²) in [4.78, 5) is 35.1. The topological polar surface area (TPSA) is 82.4 Å². The smallest absolute Gasteiger partial charge is 0.271 e. The third-order valence-corrected chi connectivity index (χ3v) is 8.84. The highest BCUT2D eigenvalue weighted by atomic mass is 35.5. The van der Waals surface area contributed by atoms with Gasteiger partial charge >= 0.3 is 0 Å². The molecule has 0 saturated carbocycles. The van der Waals surface area contributed by atoms with Crippen LogP contribution in [0, 0.1) is 0 Å². The van der Waals surface area contributed by atoms with Crippen LogP contribution in [-0.4, -0.2) is 42.2 Å². The van der Waals surface area contributed by atoms with Gasteiger partial charge in [-0.15, -0.1) is 0 Å². The summed E-state index contributed by atoms with van der Waals surface area (Å²) in [5.74, 6) is 1.61. The maximum absolute atomic E-state index is 14.2. The number of thiazole rings is 1. The second kappa shape index (κ2) is 14.2. The molecule has 45 heavy (non-hydrogen) atoms. The lowest BCUT2D eigenvalue weighted by Gasteiger charge is -2.29. The van der Waals surface area contributed by atoms with Gasteiger partial charge in [-0.1, -0.05) is 59.3 Å². The van der Waals surface area contributed by atoms with Crippen LogP contribution in [0.5, 0.6) is 17.2 Å². The van der Waals surface area contributed by atoms with Gasteiger partial charge in [-0.05, 0) is 75.2 Å². The number of nitrogens with zero attached hydrogens (tertiary/aromatic N) is 3. The minimum absolute atomic E-state index is 0.151. The van der Waals surface area contributed by atoms with Crippen molar-refractivity contribution in [3.05, 3.63) is 119 Å². The summed E-state index contributed by atoms with van der Waals surface area (Å²) in [5, 5.41) is 0.666. The van der Waals surface area contributed by atoms with Gasteiger partial charge < -0.3 is 19.1 Å². The lowest BCUT2D eigenvalue weighted by atomic mass is 9.94. The Labute approximate surface area is 271 Å². The molecular weight excluding hydrogens is 610 g/mol. The van der Waals surface area contributed by atoms with Crippen molar-refractivity contribution in [3.63, 3.8) is 0 Å². The third kappa shape index (κ3) is 6.70. The Kier molecular flexibility index (Phi) is 10.1. The Morgan fingerprint density at radius 3 is 2.42 bits per heavy atom. The van der Waals surface area contributed by atoms with Crippen molar-refractivity contribution in [2.45, 2.75) is 40.3 Å². The monoisotopic (exact) mass is 645 g/mol. The number of rotatable bonds is 11. The molecule has 8 nitrogen and oxygen atoms in total. The predicted octanol–water partition coefficient (Wildman–Crippen LogP) is 5.74. The summed E-state index contributed by atoms with van der Waals surface area (Å²) < 4.78 is 19.8. The summed E-state index contributed by atoms with van der Waals surface area (Å²) in [5.41, 5.74) is 3.27. The summed E-state index contributed by atoms with van der Waals surface area (Å²) in [6.45, 7) is 9.49. The van der Waals surface area contributed by atoms with E-state index in [4.69, 9.17) is 30.8 Å². The fourth-order valence-corrected chi connectivity index (χ4v) is 6.53. The Balaban J connectivity index is 1.59. The number of carbonyl (C=O) groups is 1. The van der Waals surface area contributed by atoms with Gasteiger partial charge in [0, 0.05) is 23.7 Å². The number of benzene rings is 3. The standard InChI is InChI=1S/C35H36ClN3O5S/c1-6-38(7-2)34(41)31-22(4)37-35-39(32(31)26-11-9-10-12-27(26)42-5)33(40)30(45-35)20-24-15-18-28(29(19-24)43-8-3)44-21-23-13-16-25(36)17-14-23/h9-20,32H,6-8,21H2,1-5H3/b30-20+/t32-/m0/s1. The highest BCUT2D eigenvalue weighted by molar-refractivity contribution is 7.07. The van der Waals surface area contributed by atoms with E-state index in [1.165, 1.54) is 11.3 Å². The molecule has 0 fully saturated rings. The van der Waals surface area contributed by atoms with Gasteiger partial charge in [0.1, 0.15) is 18.4 Å². The molecule has 2 heterocycles. The number of aromatic nitrogens is 1.